The van der Waals surface area contributed by atoms with Crippen molar-refractivity contribution in [3.8, 4) is 5.75 Å². The molecule has 1 aliphatic carbocycles. The first-order valence-corrected chi connectivity index (χ1v) is 6.35. The summed E-state index contributed by atoms with van der Waals surface area (Å²) < 4.78 is 6.26. The van der Waals surface area contributed by atoms with Gasteiger partial charge in [-0.25, -0.2) is 0 Å². The third kappa shape index (κ3) is 2.79. The first-order chi connectivity index (χ1) is 7.79. The monoisotopic (exact) mass is 281 g/mol. The highest BCUT2D eigenvalue weighted by atomic mass is 79.9. The largest absolute Gasteiger partial charge is 0.495 e. The average molecular weight is 282 g/mol. The quantitative estimate of drug-likeness (QED) is 0.847. The lowest BCUT2D eigenvalue weighted by Gasteiger charge is -2.19. The van der Waals surface area contributed by atoms with Gasteiger partial charge in [0.05, 0.1) is 11.6 Å². The molecule has 1 aromatic rings. The van der Waals surface area contributed by atoms with Gasteiger partial charge in [0.15, 0.2) is 0 Å². The van der Waals surface area contributed by atoms with Crippen LogP contribution in [0.4, 0.5) is 5.69 Å². The molecular weight excluding hydrogens is 266 g/mol. The predicted molar refractivity (Wildman–Crippen MR) is 71.1 cm³/mol. The maximum absolute atomic E-state index is 5.27. The van der Waals surface area contributed by atoms with Crippen molar-refractivity contribution >= 4 is 21.6 Å². The lowest BCUT2D eigenvalue weighted by Crippen LogP contribution is -2.18. The van der Waals surface area contributed by atoms with E-state index in [1.807, 2.05) is 12.1 Å². The summed E-state index contributed by atoms with van der Waals surface area (Å²) in [7, 11) is 1.68. The molecule has 0 heterocycles. The second-order valence-electron chi connectivity index (χ2n) is 3.96. The molecule has 1 aromatic carbocycles. The summed E-state index contributed by atoms with van der Waals surface area (Å²) in [5.41, 5.74) is 1.11. The SMILES string of the molecule is COc1cc(NC2C=CCCC2)ccc1Br. The van der Waals surface area contributed by atoms with E-state index in [9.17, 15) is 0 Å². The molecule has 0 radical (unpaired) electrons. The van der Waals surface area contributed by atoms with Crippen LogP contribution >= 0.6 is 15.9 Å². The zero-order chi connectivity index (χ0) is 11.4. The van der Waals surface area contributed by atoms with Crippen LogP contribution in [0.3, 0.4) is 0 Å². The second-order valence-corrected chi connectivity index (χ2v) is 4.81. The Kier molecular flexibility index (Phi) is 3.88. The number of nitrogens with one attached hydrogen (secondary N) is 1. The minimum Gasteiger partial charge on any atom is -0.495 e. The number of methoxy groups -OCH3 is 1. The Labute approximate surface area is 105 Å². The van der Waals surface area contributed by atoms with Gasteiger partial charge in [0, 0.05) is 17.8 Å². The summed E-state index contributed by atoms with van der Waals surface area (Å²) in [4.78, 5) is 0. The molecule has 0 saturated heterocycles. The van der Waals surface area contributed by atoms with E-state index in [2.05, 4.69) is 39.5 Å². The summed E-state index contributed by atoms with van der Waals surface area (Å²) in [6.45, 7) is 0. The van der Waals surface area contributed by atoms with Crippen molar-refractivity contribution in [1.82, 2.24) is 0 Å². The van der Waals surface area contributed by atoms with Crippen LogP contribution in [0.5, 0.6) is 5.75 Å². The van der Waals surface area contributed by atoms with Crippen LogP contribution in [0.2, 0.25) is 0 Å². The summed E-state index contributed by atoms with van der Waals surface area (Å²) in [6.07, 6.45) is 8.17. The lowest BCUT2D eigenvalue weighted by molar-refractivity contribution is 0.412. The number of allylic oxidation sites excluding steroid dienone is 1. The van der Waals surface area contributed by atoms with Gasteiger partial charge >= 0.3 is 0 Å². The van der Waals surface area contributed by atoms with Crippen molar-refractivity contribution in [2.45, 2.75) is 25.3 Å². The van der Waals surface area contributed by atoms with Gasteiger partial charge in [-0.1, -0.05) is 12.2 Å². The molecule has 16 heavy (non-hydrogen) atoms. The molecule has 0 aliphatic heterocycles. The fourth-order valence-corrected chi connectivity index (χ4v) is 2.30. The van der Waals surface area contributed by atoms with Crippen molar-refractivity contribution in [2.24, 2.45) is 0 Å². The Morgan fingerprint density at radius 3 is 3.00 bits per heavy atom. The molecule has 0 bridgehead atoms. The summed E-state index contributed by atoms with van der Waals surface area (Å²) in [5, 5.41) is 3.50. The van der Waals surface area contributed by atoms with E-state index in [0.717, 1.165) is 15.9 Å². The average Bonchev–Trinajstić information content (AvgIpc) is 2.33. The number of halogens is 1. The zero-order valence-corrected chi connectivity index (χ0v) is 11.0. The predicted octanol–water partition coefficient (Wildman–Crippen LogP) is 3.98. The Hall–Kier alpha value is -0.960. The van der Waals surface area contributed by atoms with Crippen LogP contribution in [0, 0.1) is 0 Å². The van der Waals surface area contributed by atoms with E-state index >= 15 is 0 Å². The molecular formula is C13H16BrNO. The van der Waals surface area contributed by atoms with Crippen molar-refractivity contribution in [3.05, 3.63) is 34.8 Å². The van der Waals surface area contributed by atoms with Crippen molar-refractivity contribution in [3.63, 3.8) is 0 Å². The standard InChI is InChI=1S/C13H16BrNO/c1-16-13-9-11(7-8-12(13)14)15-10-5-3-2-4-6-10/h3,5,7-10,15H,2,4,6H2,1H3. The van der Waals surface area contributed by atoms with Gasteiger partial charge in [0.2, 0.25) is 0 Å². The number of hydrogen-bond acceptors (Lipinski definition) is 2. The Bertz CT molecular complexity index is 390. The molecule has 2 rings (SSSR count). The van der Waals surface area contributed by atoms with Crippen LogP contribution in [-0.2, 0) is 0 Å². The van der Waals surface area contributed by atoms with E-state index in [-0.39, 0.29) is 0 Å². The van der Waals surface area contributed by atoms with E-state index in [0.29, 0.717) is 6.04 Å². The Morgan fingerprint density at radius 1 is 1.44 bits per heavy atom. The van der Waals surface area contributed by atoms with E-state index in [1.165, 1.54) is 19.3 Å². The van der Waals surface area contributed by atoms with Crippen LogP contribution < -0.4 is 10.1 Å². The minimum atomic E-state index is 0.458. The lowest BCUT2D eigenvalue weighted by atomic mass is 10.0. The summed E-state index contributed by atoms with van der Waals surface area (Å²) in [6, 6.07) is 6.55. The molecule has 1 N–H and O–H groups in total. The Morgan fingerprint density at radius 2 is 2.31 bits per heavy atom. The van der Waals surface area contributed by atoms with Gasteiger partial charge in [0.1, 0.15) is 5.75 Å². The first-order valence-electron chi connectivity index (χ1n) is 5.56. The highest BCUT2D eigenvalue weighted by Gasteiger charge is 2.09. The van der Waals surface area contributed by atoms with Gasteiger partial charge in [-0.15, -0.1) is 0 Å². The number of benzene rings is 1. The number of rotatable bonds is 3. The van der Waals surface area contributed by atoms with E-state index < -0.39 is 0 Å². The molecule has 0 spiro atoms. The third-order valence-electron chi connectivity index (χ3n) is 2.76. The topological polar surface area (TPSA) is 21.3 Å². The highest BCUT2D eigenvalue weighted by molar-refractivity contribution is 9.10. The molecule has 1 atom stereocenters. The van der Waals surface area contributed by atoms with Crippen LogP contribution in [0.15, 0.2) is 34.8 Å². The van der Waals surface area contributed by atoms with E-state index in [1.54, 1.807) is 7.11 Å². The molecule has 1 unspecified atom stereocenters. The molecule has 0 saturated carbocycles. The van der Waals surface area contributed by atoms with Gasteiger partial charge in [-0.05, 0) is 47.3 Å². The number of hydrogen-bond donors (Lipinski definition) is 1. The van der Waals surface area contributed by atoms with Crippen LogP contribution in [0.1, 0.15) is 19.3 Å². The normalized spacial score (nSPS) is 19.5. The fraction of sp³-hybridized carbons (Fsp3) is 0.385. The van der Waals surface area contributed by atoms with Crippen molar-refractivity contribution in [1.29, 1.82) is 0 Å². The molecule has 3 heteroatoms. The maximum Gasteiger partial charge on any atom is 0.135 e. The van der Waals surface area contributed by atoms with Gasteiger partial charge in [-0.3, -0.25) is 0 Å². The van der Waals surface area contributed by atoms with E-state index in [4.69, 9.17) is 4.74 Å². The molecule has 86 valence electrons. The molecule has 0 aromatic heterocycles. The smallest absolute Gasteiger partial charge is 0.135 e. The first kappa shape index (κ1) is 11.5. The van der Waals surface area contributed by atoms with Gasteiger partial charge < -0.3 is 10.1 Å². The van der Waals surface area contributed by atoms with Crippen molar-refractivity contribution in [2.75, 3.05) is 12.4 Å². The Balaban J connectivity index is 2.09. The second kappa shape index (κ2) is 5.39. The number of ether oxygens (including phenoxy) is 1. The molecule has 0 fully saturated rings. The zero-order valence-electron chi connectivity index (χ0n) is 9.37. The van der Waals surface area contributed by atoms with Gasteiger partial charge in [0.25, 0.3) is 0 Å². The van der Waals surface area contributed by atoms with Crippen LogP contribution in [-0.4, -0.2) is 13.2 Å². The third-order valence-corrected chi connectivity index (χ3v) is 3.41. The summed E-state index contributed by atoms with van der Waals surface area (Å²) >= 11 is 3.45. The highest BCUT2D eigenvalue weighted by Crippen LogP contribution is 2.28. The minimum absolute atomic E-state index is 0.458. The van der Waals surface area contributed by atoms with Gasteiger partial charge in [-0.2, -0.15) is 0 Å². The molecule has 0 amide bonds. The maximum atomic E-state index is 5.27. The summed E-state index contributed by atoms with van der Waals surface area (Å²) in [5.74, 6) is 0.866. The molecule has 1 aliphatic rings. The van der Waals surface area contributed by atoms with Crippen LogP contribution in [0.25, 0.3) is 0 Å². The fourth-order valence-electron chi connectivity index (χ4n) is 1.90. The number of anilines is 1. The molecule has 2 nitrogen and oxygen atoms in total. The van der Waals surface area contributed by atoms with Crippen molar-refractivity contribution < 1.29 is 4.74 Å².